The summed E-state index contributed by atoms with van der Waals surface area (Å²) in [6, 6.07) is 3.99. The standard InChI is InChI=1S/C20H21FN6O4S2/c1-11-18(32-13(3)24-11)10-26-17-5-4-15(6-16(17)19(28)25-20(26)29)33(30,31)23-8-14-7-22-27(9-14)12(2)21/h4-7,9,12,23H,8,10H2,1-3H3,(H,25,28,29). The lowest BCUT2D eigenvalue weighted by Crippen LogP contribution is -2.31. The van der Waals surface area contributed by atoms with Gasteiger partial charge < -0.3 is 0 Å². The van der Waals surface area contributed by atoms with Crippen LogP contribution in [0.15, 0.2) is 45.1 Å². The van der Waals surface area contributed by atoms with E-state index >= 15 is 0 Å². The van der Waals surface area contributed by atoms with Gasteiger partial charge in [-0.1, -0.05) is 0 Å². The van der Waals surface area contributed by atoms with Crippen LogP contribution in [0, 0.1) is 13.8 Å². The summed E-state index contributed by atoms with van der Waals surface area (Å²) in [5, 5.41) is 4.75. The second-order valence-electron chi connectivity index (χ2n) is 7.49. The highest BCUT2D eigenvalue weighted by molar-refractivity contribution is 7.89. The van der Waals surface area contributed by atoms with Crippen molar-refractivity contribution >= 4 is 32.3 Å². The Morgan fingerprint density at radius 3 is 2.67 bits per heavy atom. The number of nitrogens with zero attached hydrogens (tertiary/aromatic N) is 4. The number of halogens is 1. The summed E-state index contributed by atoms with van der Waals surface area (Å²) in [7, 11) is -3.99. The number of alkyl halides is 1. The van der Waals surface area contributed by atoms with Gasteiger partial charge in [-0.05, 0) is 39.0 Å². The number of aryl methyl sites for hydroxylation is 2. The van der Waals surface area contributed by atoms with Gasteiger partial charge in [0.15, 0.2) is 6.30 Å². The number of fused-ring (bicyclic) bond motifs is 1. The van der Waals surface area contributed by atoms with Crippen molar-refractivity contribution in [1.82, 2.24) is 29.0 Å². The average Bonchev–Trinajstić information content (AvgIpc) is 3.35. The maximum Gasteiger partial charge on any atom is 0.329 e. The largest absolute Gasteiger partial charge is 0.329 e. The molecule has 0 aliphatic carbocycles. The second-order valence-corrected chi connectivity index (χ2v) is 10.5. The van der Waals surface area contributed by atoms with Crippen molar-refractivity contribution in [1.29, 1.82) is 0 Å². The zero-order valence-electron chi connectivity index (χ0n) is 18.0. The summed E-state index contributed by atoms with van der Waals surface area (Å²) >= 11 is 1.45. The molecule has 2 N–H and O–H groups in total. The summed E-state index contributed by atoms with van der Waals surface area (Å²) in [4.78, 5) is 32.3. The molecular formula is C20H21FN6O4S2. The minimum Gasteiger partial charge on any atom is -0.288 e. The van der Waals surface area contributed by atoms with E-state index < -0.39 is 27.6 Å². The van der Waals surface area contributed by atoms with Gasteiger partial charge in [0.1, 0.15) is 0 Å². The predicted molar refractivity (Wildman–Crippen MR) is 122 cm³/mol. The van der Waals surface area contributed by atoms with Gasteiger partial charge in [0.25, 0.3) is 5.56 Å². The maximum atomic E-state index is 13.3. The molecule has 10 nitrogen and oxygen atoms in total. The Hall–Kier alpha value is -3.16. The average molecular weight is 493 g/mol. The van der Waals surface area contributed by atoms with Crippen molar-refractivity contribution in [3.63, 3.8) is 0 Å². The maximum absolute atomic E-state index is 13.3. The lowest BCUT2D eigenvalue weighted by atomic mass is 10.2. The van der Waals surface area contributed by atoms with Crippen molar-refractivity contribution in [2.24, 2.45) is 0 Å². The fourth-order valence-electron chi connectivity index (χ4n) is 3.39. The second kappa shape index (κ2) is 8.65. The molecule has 1 atom stereocenters. The Balaban J connectivity index is 1.67. The summed E-state index contributed by atoms with van der Waals surface area (Å²) in [6.45, 7) is 5.11. The van der Waals surface area contributed by atoms with Gasteiger partial charge in [0.2, 0.25) is 10.0 Å². The number of sulfonamides is 1. The van der Waals surface area contributed by atoms with Crippen LogP contribution in [0.25, 0.3) is 10.9 Å². The predicted octanol–water partition coefficient (Wildman–Crippen LogP) is 1.97. The van der Waals surface area contributed by atoms with E-state index in [2.05, 4.69) is 19.8 Å². The van der Waals surface area contributed by atoms with Gasteiger partial charge in [-0.15, -0.1) is 11.3 Å². The first-order valence-electron chi connectivity index (χ1n) is 9.91. The van der Waals surface area contributed by atoms with Crippen LogP contribution in [-0.2, 0) is 23.1 Å². The Morgan fingerprint density at radius 1 is 1.27 bits per heavy atom. The molecule has 4 aromatic rings. The van der Waals surface area contributed by atoms with E-state index in [0.717, 1.165) is 20.3 Å². The van der Waals surface area contributed by atoms with Gasteiger partial charge in [0, 0.05) is 23.2 Å². The van der Waals surface area contributed by atoms with E-state index in [1.54, 1.807) is 0 Å². The third-order valence-electron chi connectivity index (χ3n) is 5.07. The number of aromatic nitrogens is 5. The van der Waals surface area contributed by atoms with Crippen LogP contribution < -0.4 is 16.0 Å². The molecule has 13 heteroatoms. The summed E-state index contributed by atoms with van der Waals surface area (Å²) in [5.41, 5.74) is 0.305. The van der Waals surface area contributed by atoms with Crippen molar-refractivity contribution in [2.75, 3.05) is 0 Å². The van der Waals surface area contributed by atoms with Crippen LogP contribution in [-0.4, -0.2) is 32.7 Å². The van der Waals surface area contributed by atoms with Crippen LogP contribution in [0.2, 0.25) is 0 Å². The quantitative estimate of drug-likeness (QED) is 0.406. The molecule has 3 aromatic heterocycles. The van der Waals surface area contributed by atoms with Crippen LogP contribution in [0.3, 0.4) is 0 Å². The molecule has 0 bridgehead atoms. The van der Waals surface area contributed by atoms with Crippen molar-refractivity contribution in [3.05, 3.63) is 72.6 Å². The number of rotatable bonds is 7. The molecule has 33 heavy (non-hydrogen) atoms. The molecule has 4 rings (SSSR count). The third kappa shape index (κ3) is 4.65. The van der Waals surface area contributed by atoms with E-state index in [4.69, 9.17) is 0 Å². The van der Waals surface area contributed by atoms with Gasteiger partial charge in [-0.25, -0.2) is 32.0 Å². The monoisotopic (exact) mass is 492 g/mol. The SMILES string of the molecule is Cc1nc(C)c(Cn2c(=O)[nH]c(=O)c3cc(S(=O)(=O)NCc4cnn(C(C)F)c4)ccc32)s1. The third-order valence-corrected chi connectivity index (χ3v) is 7.52. The number of hydrogen-bond donors (Lipinski definition) is 2. The van der Waals surface area contributed by atoms with E-state index in [0.29, 0.717) is 11.1 Å². The molecular weight excluding hydrogens is 471 g/mol. The van der Waals surface area contributed by atoms with Crippen LogP contribution >= 0.6 is 11.3 Å². The lowest BCUT2D eigenvalue weighted by molar-refractivity contribution is 0.245. The van der Waals surface area contributed by atoms with E-state index in [1.807, 2.05) is 13.8 Å². The fourth-order valence-corrected chi connectivity index (χ4v) is 5.36. The molecule has 0 spiro atoms. The number of nitrogens with one attached hydrogen (secondary N) is 2. The molecule has 1 unspecified atom stereocenters. The lowest BCUT2D eigenvalue weighted by Gasteiger charge is -2.11. The zero-order valence-corrected chi connectivity index (χ0v) is 19.6. The molecule has 0 radical (unpaired) electrons. The summed E-state index contributed by atoms with van der Waals surface area (Å²) < 4.78 is 43.7. The van der Waals surface area contributed by atoms with Crippen molar-refractivity contribution in [3.8, 4) is 0 Å². The molecule has 0 aliphatic rings. The van der Waals surface area contributed by atoms with E-state index in [1.165, 1.54) is 53.4 Å². The molecule has 0 saturated heterocycles. The normalized spacial score (nSPS) is 13.0. The summed E-state index contributed by atoms with van der Waals surface area (Å²) in [5.74, 6) is 0. The Bertz CT molecular complexity index is 1570. The Morgan fingerprint density at radius 2 is 2.03 bits per heavy atom. The van der Waals surface area contributed by atoms with Gasteiger partial charge in [-0.2, -0.15) is 5.10 Å². The topological polar surface area (TPSA) is 132 Å². The molecule has 0 aliphatic heterocycles. The summed E-state index contributed by atoms with van der Waals surface area (Å²) in [6.07, 6.45) is 1.43. The first-order chi connectivity index (χ1) is 15.5. The highest BCUT2D eigenvalue weighted by Gasteiger charge is 2.18. The number of benzene rings is 1. The van der Waals surface area contributed by atoms with Crippen LogP contribution in [0.4, 0.5) is 4.39 Å². The number of aromatic amines is 1. The minimum atomic E-state index is -3.99. The number of H-pyrrole nitrogens is 1. The van der Waals surface area contributed by atoms with Gasteiger partial charge in [0.05, 0.1) is 39.2 Å². The smallest absolute Gasteiger partial charge is 0.288 e. The van der Waals surface area contributed by atoms with E-state index in [-0.39, 0.29) is 23.4 Å². The van der Waals surface area contributed by atoms with Crippen molar-refractivity contribution < 1.29 is 12.8 Å². The Kier molecular flexibility index (Phi) is 6.03. The first kappa shape index (κ1) is 23.0. The van der Waals surface area contributed by atoms with Crippen LogP contribution in [0.1, 0.15) is 34.4 Å². The molecule has 0 amide bonds. The molecule has 0 fully saturated rings. The van der Waals surface area contributed by atoms with Crippen molar-refractivity contribution in [2.45, 2.75) is 45.1 Å². The van der Waals surface area contributed by atoms with Gasteiger partial charge >= 0.3 is 5.69 Å². The number of thiazole rings is 1. The van der Waals surface area contributed by atoms with E-state index in [9.17, 15) is 22.4 Å². The number of hydrogen-bond acceptors (Lipinski definition) is 7. The minimum absolute atomic E-state index is 0.0652. The zero-order chi connectivity index (χ0) is 23.9. The highest BCUT2D eigenvalue weighted by atomic mass is 32.2. The molecule has 1 aromatic carbocycles. The molecule has 3 heterocycles. The Labute approximate surface area is 191 Å². The van der Waals surface area contributed by atoms with Gasteiger partial charge in [-0.3, -0.25) is 14.3 Å². The highest BCUT2D eigenvalue weighted by Crippen LogP contribution is 2.21. The molecule has 174 valence electrons. The first-order valence-corrected chi connectivity index (χ1v) is 12.2. The molecule has 0 saturated carbocycles. The van der Waals surface area contributed by atoms with Crippen LogP contribution in [0.5, 0.6) is 0 Å². The fraction of sp³-hybridized carbons (Fsp3) is 0.300.